The molecule has 0 fully saturated rings. The average molecular weight is 567 g/mol. The van der Waals surface area contributed by atoms with Crippen molar-refractivity contribution in [2.24, 2.45) is 5.92 Å². The molecule has 1 aliphatic carbocycles. The first kappa shape index (κ1) is 31.4. The van der Waals surface area contributed by atoms with Crippen LogP contribution in [0.1, 0.15) is 88.0 Å². The highest BCUT2D eigenvalue weighted by atomic mass is 16.5. The topological polar surface area (TPSA) is 44.8 Å². The summed E-state index contributed by atoms with van der Waals surface area (Å²) in [7, 11) is 0. The number of hydrogen-bond acceptors (Lipinski definition) is 4. The van der Waals surface area contributed by atoms with E-state index < -0.39 is 0 Å². The number of ether oxygens (including phenoxy) is 3. The van der Waals surface area contributed by atoms with Gasteiger partial charge in [0.2, 0.25) is 0 Å². The van der Waals surface area contributed by atoms with Gasteiger partial charge in [-0.25, -0.2) is 0 Å². The summed E-state index contributed by atoms with van der Waals surface area (Å²) >= 11 is 0. The number of carbonyl (C=O) groups excluding carboxylic acids is 1. The van der Waals surface area contributed by atoms with E-state index in [4.69, 9.17) is 14.2 Å². The first-order valence-corrected chi connectivity index (χ1v) is 15.8. The van der Waals surface area contributed by atoms with Gasteiger partial charge in [-0.2, -0.15) is 0 Å². The van der Waals surface area contributed by atoms with Crippen molar-refractivity contribution >= 4 is 5.97 Å². The lowest BCUT2D eigenvalue weighted by Gasteiger charge is -2.25. The predicted octanol–water partition coefficient (Wildman–Crippen LogP) is 8.72. The molecule has 0 saturated carbocycles. The molecule has 4 rings (SSSR count). The van der Waals surface area contributed by atoms with E-state index in [0.717, 1.165) is 49.0 Å². The highest BCUT2D eigenvalue weighted by molar-refractivity contribution is 5.73. The van der Waals surface area contributed by atoms with Crippen molar-refractivity contribution in [1.29, 1.82) is 0 Å². The van der Waals surface area contributed by atoms with E-state index in [1.54, 1.807) is 0 Å². The van der Waals surface area contributed by atoms with Gasteiger partial charge in [0.25, 0.3) is 0 Å². The molecule has 0 saturated heterocycles. The van der Waals surface area contributed by atoms with Crippen molar-refractivity contribution in [1.82, 2.24) is 0 Å². The first-order valence-electron chi connectivity index (χ1n) is 15.8. The normalized spacial score (nSPS) is 14.8. The van der Waals surface area contributed by atoms with Crippen molar-refractivity contribution in [3.63, 3.8) is 0 Å². The minimum atomic E-state index is -0.120. The monoisotopic (exact) mass is 566 g/mol. The van der Waals surface area contributed by atoms with Crippen molar-refractivity contribution < 1.29 is 19.0 Å². The molecule has 42 heavy (non-hydrogen) atoms. The molecule has 2 atom stereocenters. The largest absolute Gasteiger partial charge is 0.489 e. The fraction of sp³-hybridized carbons (Fsp3) is 0.447. The Morgan fingerprint density at radius 1 is 0.929 bits per heavy atom. The van der Waals surface area contributed by atoms with Crippen molar-refractivity contribution in [2.75, 3.05) is 13.2 Å². The third-order valence-electron chi connectivity index (χ3n) is 7.90. The number of aryl methyl sites for hydroxylation is 1. The third kappa shape index (κ3) is 9.78. The van der Waals surface area contributed by atoms with Gasteiger partial charge in [0.05, 0.1) is 12.5 Å². The summed E-state index contributed by atoms with van der Waals surface area (Å²) in [6.07, 6.45) is 9.00. The lowest BCUT2D eigenvalue weighted by molar-refractivity contribution is -0.154. The summed E-state index contributed by atoms with van der Waals surface area (Å²) in [6, 6.07) is 23.3. The summed E-state index contributed by atoms with van der Waals surface area (Å²) in [5, 5.41) is 0. The van der Waals surface area contributed by atoms with Gasteiger partial charge >= 0.3 is 5.97 Å². The summed E-state index contributed by atoms with van der Waals surface area (Å²) < 4.78 is 17.2. The van der Waals surface area contributed by atoms with E-state index in [9.17, 15) is 4.79 Å². The zero-order valence-electron chi connectivity index (χ0n) is 25.6. The van der Waals surface area contributed by atoms with Gasteiger partial charge < -0.3 is 14.2 Å². The van der Waals surface area contributed by atoms with E-state index >= 15 is 0 Å². The Balaban J connectivity index is 1.24. The molecule has 2 unspecified atom stereocenters. The Hall–Kier alpha value is -3.55. The number of unbranched alkanes of at least 4 members (excludes halogenated alkanes) is 4. The first-order chi connectivity index (χ1) is 20.6. The van der Waals surface area contributed by atoms with Crippen LogP contribution in [-0.2, 0) is 33.7 Å². The lowest BCUT2D eigenvalue weighted by Crippen LogP contribution is -2.28. The van der Waals surface area contributed by atoms with Crippen LogP contribution < -0.4 is 4.74 Å². The summed E-state index contributed by atoms with van der Waals surface area (Å²) in [4.78, 5) is 12.7. The van der Waals surface area contributed by atoms with Crippen molar-refractivity contribution in [2.45, 2.75) is 91.3 Å². The summed E-state index contributed by atoms with van der Waals surface area (Å²) in [5.74, 6) is 7.29. The van der Waals surface area contributed by atoms with Crippen LogP contribution in [0.5, 0.6) is 5.75 Å². The standard InChI is InChI=1S/C38H46O4/c1-4-6-7-8-9-10-11-30-12-16-32(17-13-30)33-18-14-31(15-19-33)28-41-37-23-22-34-26-36(21-20-35(34)27-37)38(39)42-29(3)24-25-40-5-2/h12-19,22-23,27,29,36H,4-9,20-21,24-26,28H2,1-3H3. The Labute approximate surface area is 252 Å². The van der Waals surface area contributed by atoms with Crippen molar-refractivity contribution in [3.8, 4) is 28.7 Å². The van der Waals surface area contributed by atoms with Gasteiger partial charge in [0.1, 0.15) is 18.5 Å². The number of fused-ring (bicyclic) bond motifs is 1. The van der Waals surface area contributed by atoms with Gasteiger partial charge in [0, 0.05) is 25.0 Å². The number of esters is 1. The lowest BCUT2D eigenvalue weighted by atomic mass is 9.84. The van der Waals surface area contributed by atoms with E-state index in [-0.39, 0.29) is 18.0 Å². The van der Waals surface area contributed by atoms with E-state index in [0.29, 0.717) is 19.8 Å². The average Bonchev–Trinajstić information content (AvgIpc) is 3.02. The third-order valence-corrected chi connectivity index (χ3v) is 7.90. The number of carbonyl (C=O) groups is 1. The highest BCUT2D eigenvalue weighted by Gasteiger charge is 2.27. The number of benzene rings is 3. The van der Waals surface area contributed by atoms with Crippen molar-refractivity contribution in [3.05, 3.63) is 89.0 Å². The van der Waals surface area contributed by atoms with Crippen LogP contribution in [0.15, 0.2) is 66.7 Å². The summed E-state index contributed by atoms with van der Waals surface area (Å²) in [5.41, 5.74) is 7.05. The van der Waals surface area contributed by atoms with E-state index in [2.05, 4.69) is 79.4 Å². The molecule has 0 bridgehead atoms. The Bertz CT molecular complexity index is 1310. The molecule has 4 nitrogen and oxygen atoms in total. The van der Waals surface area contributed by atoms with Crippen LogP contribution in [0.3, 0.4) is 0 Å². The zero-order valence-corrected chi connectivity index (χ0v) is 25.6. The molecular formula is C38H46O4. The maximum atomic E-state index is 12.7. The molecule has 0 amide bonds. The highest BCUT2D eigenvalue weighted by Crippen LogP contribution is 2.30. The van der Waals surface area contributed by atoms with E-state index in [1.807, 2.05) is 19.9 Å². The SMILES string of the molecule is CCCCCCC#Cc1ccc(-c2ccc(COc3ccc4c(c3)CCC(C(=O)OC(C)CCOCC)C4)cc2)cc1. The number of hydrogen-bond donors (Lipinski definition) is 0. The van der Waals surface area contributed by atoms with Gasteiger partial charge in [-0.05, 0) is 91.6 Å². The van der Waals surface area contributed by atoms with Crippen LogP contribution in [0, 0.1) is 17.8 Å². The van der Waals surface area contributed by atoms with Gasteiger partial charge in [0.15, 0.2) is 0 Å². The predicted molar refractivity (Wildman–Crippen MR) is 170 cm³/mol. The minimum Gasteiger partial charge on any atom is -0.489 e. The molecule has 4 heteroatoms. The zero-order chi connectivity index (χ0) is 29.6. The molecule has 0 radical (unpaired) electrons. The quantitative estimate of drug-likeness (QED) is 0.111. The van der Waals surface area contributed by atoms with E-state index in [1.165, 1.54) is 47.9 Å². The Kier molecular flexibility index (Phi) is 12.5. The Morgan fingerprint density at radius 3 is 2.43 bits per heavy atom. The van der Waals surface area contributed by atoms with Crippen LogP contribution in [-0.4, -0.2) is 25.3 Å². The molecule has 0 N–H and O–H groups in total. The maximum absolute atomic E-state index is 12.7. The molecule has 1 aliphatic rings. The van der Waals surface area contributed by atoms with Gasteiger partial charge in [-0.3, -0.25) is 4.79 Å². The van der Waals surface area contributed by atoms with Gasteiger partial charge in [-0.1, -0.05) is 80.5 Å². The maximum Gasteiger partial charge on any atom is 0.309 e. The van der Waals surface area contributed by atoms with Gasteiger partial charge in [-0.15, -0.1) is 0 Å². The fourth-order valence-corrected chi connectivity index (χ4v) is 5.28. The molecule has 0 heterocycles. The molecule has 3 aromatic carbocycles. The Morgan fingerprint density at radius 2 is 1.69 bits per heavy atom. The molecule has 0 aliphatic heterocycles. The fourth-order valence-electron chi connectivity index (χ4n) is 5.28. The molecule has 0 spiro atoms. The summed E-state index contributed by atoms with van der Waals surface area (Å²) in [6.45, 7) is 7.96. The molecule has 222 valence electrons. The molecular weight excluding hydrogens is 520 g/mol. The van der Waals surface area contributed by atoms with Crippen LogP contribution >= 0.6 is 0 Å². The second kappa shape index (κ2) is 16.8. The molecule has 3 aromatic rings. The second-order valence-corrected chi connectivity index (χ2v) is 11.3. The van der Waals surface area contributed by atoms with Crippen LogP contribution in [0.4, 0.5) is 0 Å². The smallest absolute Gasteiger partial charge is 0.309 e. The minimum absolute atomic E-state index is 0.0817. The molecule has 0 aromatic heterocycles. The van der Waals surface area contributed by atoms with Crippen LogP contribution in [0.2, 0.25) is 0 Å². The van der Waals surface area contributed by atoms with Crippen LogP contribution in [0.25, 0.3) is 11.1 Å². The number of rotatable bonds is 14. The second-order valence-electron chi connectivity index (χ2n) is 11.3.